The molecule has 7 nitrogen and oxygen atoms in total. The Labute approximate surface area is 151 Å². The number of rotatable bonds is 12. The molecule has 0 aromatic heterocycles. The van der Waals surface area contributed by atoms with Crippen molar-refractivity contribution in [1.29, 1.82) is 0 Å². The van der Waals surface area contributed by atoms with Gasteiger partial charge in [0.2, 0.25) is 11.8 Å². The van der Waals surface area contributed by atoms with Crippen molar-refractivity contribution in [2.45, 2.75) is 58.7 Å². The van der Waals surface area contributed by atoms with E-state index in [9.17, 15) is 14.4 Å². The number of nitrogens with one attached hydrogen (secondary N) is 2. The normalized spacial score (nSPS) is 16.0. The van der Waals surface area contributed by atoms with E-state index in [2.05, 4.69) is 10.6 Å². The Balaban J connectivity index is 5.00. The molecule has 0 bridgehead atoms. The third-order valence-corrected chi connectivity index (χ3v) is 4.75. The van der Waals surface area contributed by atoms with Gasteiger partial charge >= 0.3 is 0 Å². The topological polar surface area (TPSA) is 87.7 Å². The number of hydrogen-bond donors (Lipinski definition) is 2. The lowest BCUT2D eigenvalue weighted by Crippen LogP contribution is -2.53. The highest BCUT2D eigenvalue weighted by Gasteiger charge is 2.32. The van der Waals surface area contributed by atoms with E-state index in [1.807, 2.05) is 27.7 Å². The van der Waals surface area contributed by atoms with Gasteiger partial charge in [-0.3, -0.25) is 9.59 Å². The highest BCUT2D eigenvalue weighted by molar-refractivity contribution is 5.87. The molecule has 0 aliphatic carbocycles. The summed E-state index contributed by atoms with van der Waals surface area (Å²) in [6.45, 7) is 7.86. The molecule has 0 radical (unpaired) electrons. The maximum Gasteiger partial charge on any atom is 0.242 e. The Hall–Kier alpha value is -1.47. The number of nitrogens with zero attached hydrogens (tertiary/aromatic N) is 1. The van der Waals surface area contributed by atoms with E-state index in [-0.39, 0.29) is 54.8 Å². The molecule has 146 valence electrons. The molecule has 0 rings (SSSR count). The van der Waals surface area contributed by atoms with Gasteiger partial charge in [-0.1, -0.05) is 34.1 Å². The lowest BCUT2D eigenvalue weighted by molar-refractivity contribution is -0.138. The summed E-state index contributed by atoms with van der Waals surface area (Å²) >= 11 is 0. The second kappa shape index (κ2) is 12.0. The number of amides is 2. The smallest absolute Gasteiger partial charge is 0.242 e. The predicted molar refractivity (Wildman–Crippen MR) is 98.2 cm³/mol. The van der Waals surface area contributed by atoms with Crippen LogP contribution in [0.2, 0.25) is 0 Å². The van der Waals surface area contributed by atoms with Gasteiger partial charge < -0.3 is 25.1 Å². The maximum absolute atomic E-state index is 12.6. The van der Waals surface area contributed by atoms with Crippen LogP contribution in [-0.2, 0) is 19.1 Å². The van der Waals surface area contributed by atoms with Gasteiger partial charge in [0.05, 0.1) is 24.7 Å². The first-order chi connectivity index (χ1) is 11.7. The summed E-state index contributed by atoms with van der Waals surface area (Å²) in [6.07, 6.45) is 1.52. The van der Waals surface area contributed by atoms with E-state index in [0.717, 1.165) is 12.7 Å². The fraction of sp³-hybridized carbons (Fsp3) is 0.833. The van der Waals surface area contributed by atoms with Crippen molar-refractivity contribution in [1.82, 2.24) is 15.5 Å². The van der Waals surface area contributed by atoms with Crippen LogP contribution in [0.3, 0.4) is 0 Å². The zero-order valence-corrected chi connectivity index (χ0v) is 16.7. The Morgan fingerprint density at radius 2 is 1.84 bits per heavy atom. The summed E-state index contributed by atoms with van der Waals surface area (Å²) in [5.41, 5.74) is 0. The molecule has 0 saturated heterocycles. The lowest BCUT2D eigenvalue weighted by Gasteiger charge is -2.37. The molecule has 0 aliphatic heterocycles. The van der Waals surface area contributed by atoms with E-state index in [0.29, 0.717) is 0 Å². The van der Waals surface area contributed by atoms with Crippen molar-refractivity contribution in [3.8, 4) is 0 Å². The molecule has 2 N–H and O–H groups in total. The maximum atomic E-state index is 12.6. The highest BCUT2D eigenvalue weighted by Crippen LogP contribution is 2.20. The average Bonchev–Trinajstić information content (AvgIpc) is 2.58. The van der Waals surface area contributed by atoms with Gasteiger partial charge in [0, 0.05) is 20.6 Å². The number of likely N-dealkylation sites (N-methyl/N-ethyl adjacent to an activating group) is 2. The standard InChI is InChI=1S/C18H35N3O4/c1-8-13(4)17(14(25-7)9-10-22)21(6)15(23)11-20-18(24)16(19-5)12(2)3/h10,12-14,16-17,19H,8-9,11H2,1-7H3,(H,20,24). The molecule has 0 fully saturated rings. The van der Waals surface area contributed by atoms with Crippen LogP contribution in [0, 0.1) is 11.8 Å². The van der Waals surface area contributed by atoms with Crippen LogP contribution in [-0.4, -0.2) is 68.9 Å². The minimum absolute atomic E-state index is 0.0787. The largest absolute Gasteiger partial charge is 0.379 e. The number of carbonyl (C=O) groups excluding carboxylic acids is 3. The number of methoxy groups -OCH3 is 1. The quantitative estimate of drug-likeness (QED) is 0.505. The molecular formula is C18H35N3O4. The molecular weight excluding hydrogens is 322 g/mol. The Morgan fingerprint density at radius 3 is 2.24 bits per heavy atom. The highest BCUT2D eigenvalue weighted by atomic mass is 16.5. The van der Waals surface area contributed by atoms with Crippen molar-refractivity contribution in [2.75, 3.05) is 27.7 Å². The molecule has 0 aliphatic rings. The third kappa shape index (κ3) is 7.12. The van der Waals surface area contributed by atoms with E-state index >= 15 is 0 Å². The van der Waals surface area contributed by atoms with Crippen LogP contribution in [0.15, 0.2) is 0 Å². The molecule has 25 heavy (non-hydrogen) atoms. The molecule has 0 aromatic carbocycles. The Morgan fingerprint density at radius 1 is 1.24 bits per heavy atom. The van der Waals surface area contributed by atoms with Crippen molar-refractivity contribution < 1.29 is 19.1 Å². The van der Waals surface area contributed by atoms with Crippen LogP contribution in [0.1, 0.15) is 40.5 Å². The van der Waals surface area contributed by atoms with E-state index in [4.69, 9.17) is 4.74 Å². The van der Waals surface area contributed by atoms with Crippen molar-refractivity contribution in [3.63, 3.8) is 0 Å². The van der Waals surface area contributed by atoms with E-state index in [1.54, 1.807) is 26.1 Å². The van der Waals surface area contributed by atoms with Gasteiger partial charge in [-0.15, -0.1) is 0 Å². The van der Waals surface area contributed by atoms with Crippen LogP contribution >= 0.6 is 0 Å². The van der Waals surface area contributed by atoms with Gasteiger partial charge in [-0.2, -0.15) is 0 Å². The average molecular weight is 357 g/mol. The zero-order valence-electron chi connectivity index (χ0n) is 16.7. The van der Waals surface area contributed by atoms with Crippen molar-refractivity contribution in [3.05, 3.63) is 0 Å². The van der Waals surface area contributed by atoms with Crippen LogP contribution in [0.4, 0.5) is 0 Å². The SMILES string of the molecule is CCC(C)C(C(CC=O)OC)N(C)C(=O)CNC(=O)C(NC)C(C)C. The van der Waals surface area contributed by atoms with Crippen LogP contribution in [0.5, 0.6) is 0 Å². The minimum Gasteiger partial charge on any atom is -0.379 e. The van der Waals surface area contributed by atoms with Gasteiger partial charge in [0.15, 0.2) is 0 Å². The summed E-state index contributed by atoms with van der Waals surface area (Å²) in [4.78, 5) is 37.3. The number of aldehydes is 1. The van der Waals surface area contributed by atoms with Crippen molar-refractivity contribution in [2.24, 2.45) is 11.8 Å². The summed E-state index contributed by atoms with van der Waals surface area (Å²) in [7, 11) is 4.96. The van der Waals surface area contributed by atoms with Gasteiger partial charge in [-0.05, 0) is 18.9 Å². The minimum atomic E-state index is -0.363. The third-order valence-electron chi connectivity index (χ3n) is 4.75. The Bertz CT molecular complexity index is 429. The molecule has 4 unspecified atom stereocenters. The monoisotopic (exact) mass is 357 g/mol. The first-order valence-corrected chi connectivity index (χ1v) is 8.92. The first-order valence-electron chi connectivity index (χ1n) is 8.92. The fourth-order valence-electron chi connectivity index (χ4n) is 3.04. The van der Waals surface area contributed by atoms with Crippen LogP contribution in [0.25, 0.3) is 0 Å². The number of hydrogen-bond acceptors (Lipinski definition) is 5. The van der Waals surface area contributed by atoms with E-state index in [1.165, 1.54) is 0 Å². The van der Waals surface area contributed by atoms with Gasteiger partial charge in [0.1, 0.15) is 6.29 Å². The summed E-state index contributed by atoms with van der Waals surface area (Å²) in [5.74, 6) is -0.118. The molecule has 0 spiro atoms. The summed E-state index contributed by atoms with van der Waals surface area (Å²) in [6, 6.07) is -0.569. The zero-order chi connectivity index (χ0) is 19.6. The molecule has 0 aromatic rings. The predicted octanol–water partition coefficient (Wildman–Crippen LogP) is 0.824. The van der Waals surface area contributed by atoms with Crippen LogP contribution < -0.4 is 10.6 Å². The molecule has 0 saturated carbocycles. The molecule has 7 heteroatoms. The number of carbonyl (C=O) groups is 3. The Kier molecular flexibility index (Phi) is 11.3. The second-order valence-electron chi connectivity index (χ2n) is 6.79. The fourth-order valence-corrected chi connectivity index (χ4v) is 3.04. The second-order valence-corrected chi connectivity index (χ2v) is 6.79. The summed E-state index contributed by atoms with van der Waals surface area (Å²) in [5, 5.41) is 5.65. The molecule has 2 amide bonds. The van der Waals surface area contributed by atoms with E-state index < -0.39 is 0 Å². The molecule has 4 atom stereocenters. The number of ether oxygens (including phenoxy) is 1. The van der Waals surface area contributed by atoms with Crippen molar-refractivity contribution >= 4 is 18.1 Å². The lowest BCUT2D eigenvalue weighted by atomic mass is 9.91. The first kappa shape index (κ1) is 23.5. The molecule has 0 heterocycles. The summed E-state index contributed by atoms with van der Waals surface area (Å²) < 4.78 is 5.44. The van der Waals surface area contributed by atoms with Gasteiger partial charge in [0.25, 0.3) is 0 Å². The van der Waals surface area contributed by atoms with Gasteiger partial charge in [-0.25, -0.2) is 0 Å².